The minimum Gasteiger partial charge on any atom is -0.507 e. The summed E-state index contributed by atoms with van der Waals surface area (Å²) in [6, 6.07) is 8.28. The molecule has 1 fully saturated rings. The number of carbonyl (C=O) groups excluding carboxylic acids is 2. The Kier molecular flexibility index (Phi) is 4.77. The Bertz CT molecular complexity index is 580. The number of nitriles is 1. The highest BCUT2D eigenvalue weighted by Gasteiger charge is 2.23. The summed E-state index contributed by atoms with van der Waals surface area (Å²) in [6.45, 7) is 1.90. The molecular weight excluding hydrogens is 270 g/mol. The number of nitrogens with zero attached hydrogens (tertiary/aromatic N) is 3. The topological polar surface area (TPSA) is 84.6 Å². The molecule has 2 amide bonds. The second kappa shape index (κ2) is 6.75. The van der Waals surface area contributed by atoms with Gasteiger partial charge >= 0.3 is 0 Å². The van der Waals surface area contributed by atoms with Crippen LogP contribution in [-0.4, -0.2) is 52.9 Å². The molecule has 2 rings (SSSR count). The molecule has 1 aliphatic heterocycles. The number of rotatable bonds is 2. The minimum atomic E-state index is -0.234. The number of aromatic hydroxyl groups is 1. The molecule has 1 heterocycles. The van der Waals surface area contributed by atoms with Crippen LogP contribution in [0.3, 0.4) is 0 Å². The quantitative estimate of drug-likeness (QED) is 0.878. The molecule has 1 aromatic carbocycles. The lowest BCUT2D eigenvalue weighted by Crippen LogP contribution is -2.37. The summed E-state index contributed by atoms with van der Waals surface area (Å²) in [6.07, 6.45) is 0.532. The SMILES string of the molecule is N#CCC(=O)N1CCCN(C(=O)c2ccccc2O)CC1. The van der Waals surface area contributed by atoms with Crippen molar-refractivity contribution < 1.29 is 14.7 Å². The Morgan fingerprint density at radius 1 is 1.14 bits per heavy atom. The molecule has 21 heavy (non-hydrogen) atoms. The monoisotopic (exact) mass is 287 g/mol. The number of phenols is 1. The van der Waals surface area contributed by atoms with E-state index in [1.807, 2.05) is 6.07 Å². The molecule has 0 saturated carbocycles. The maximum Gasteiger partial charge on any atom is 0.257 e. The molecule has 110 valence electrons. The summed E-state index contributed by atoms with van der Waals surface area (Å²) < 4.78 is 0. The third-order valence-corrected chi connectivity index (χ3v) is 3.50. The average molecular weight is 287 g/mol. The van der Waals surface area contributed by atoms with Crippen LogP contribution in [0.4, 0.5) is 0 Å². The maximum absolute atomic E-state index is 12.4. The second-order valence-corrected chi connectivity index (χ2v) is 4.88. The number of amides is 2. The Balaban J connectivity index is 2.03. The third-order valence-electron chi connectivity index (χ3n) is 3.50. The van der Waals surface area contributed by atoms with Gasteiger partial charge in [0.05, 0.1) is 11.6 Å². The standard InChI is InChI=1S/C15H17N3O3/c16-7-6-14(20)17-8-3-9-18(11-10-17)15(21)12-4-1-2-5-13(12)19/h1-2,4-5,19H,3,6,8-11H2. The lowest BCUT2D eigenvalue weighted by molar-refractivity contribution is -0.130. The van der Waals surface area contributed by atoms with Crippen molar-refractivity contribution >= 4 is 11.8 Å². The highest BCUT2D eigenvalue weighted by atomic mass is 16.3. The number of phenolic OH excluding ortho intramolecular Hbond substituents is 1. The zero-order valence-electron chi connectivity index (χ0n) is 11.7. The molecule has 1 aromatic rings. The lowest BCUT2D eigenvalue weighted by atomic mass is 10.1. The summed E-state index contributed by atoms with van der Waals surface area (Å²) in [5.41, 5.74) is 0.273. The van der Waals surface area contributed by atoms with Crippen LogP contribution in [0.2, 0.25) is 0 Å². The minimum absolute atomic E-state index is 0.0378. The molecule has 0 aliphatic carbocycles. The molecule has 1 N–H and O–H groups in total. The van der Waals surface area contributed by atoms with Gasteiger partial charge in [-0.3, -0.25) is 9.59 Å². The Morgan fingerprint density at radius 3 is 2.52 bits per heavy atom. The number of hydrogen-bond acceptors (Lipinski definition) is 4. The summed E-state index contributed by atoms with van der Waals surface area (Å²) in [7, 11) is 0. The number of hydrogen-bond donors (Lipinski definition) is 1. The van der Waals surface area contributed by atoms with E-state index in [-0.39, 0.29) is 29.5 Å². The largest absolute Gasteiger partial charge is 0.507 e. The van der Waals surface area contributed by atoms with Crippen molar-refractivity contribution in [1.82, 2.24) is 9.80 Å². The van der Waals surface area contributed by atoms with Crippen LogP contribution in [0.15, 0.2) is 24.3 Å². The molecule has 6 heteroatoms. The van der Waals surface area contributed by atoms with Crippen LogP contribution in [0.5, 0.6) is 5.75 Å². The summed E-state index contributed by atoms with van der Waals surface area (Å²) in [4.78, 5) is 27.3. The van der Waals surface area contributed by atoms with E-state index in [1.165, 1.54) is 6.07 Å². The zero-order valence-corrected chi connectivity index (χ0v) is 11.7. The number of carbonyl (C=O) groups is 2. The Hall–Kier alpha value is -2.55. The van der Waals surface area contributed by atoms with Crippen molar-refractivity contribution in [2.45, 2.75) is 12.8 Å². The van der Waals surface area contributed by atoms with E-state index >= 15 is 0 Å². The molecule has 0 atom stereocenters. The average Bonchev–Trinajstić information content (AvgIpc) is 2.73. The zero-order chi connectivity index (χ0) is 15.2. The predicted octanol–water partition coefficient (Wildman–Crippen LogP) is 0.980. The highest BCUT2D eigenvalue weighted by molar-refractivity contribution is 5.96. The van der Waals surface area contributed by atoms with Gasteiger partial charge in [-0.2, -0.15) is 5.26 Å². The van der Waals surface area contributed by atoms with E-state index < -0.39 is 0 Å². The molecule has 1 aliphatic rings. The van der Waals surface area contributed by atoms with Gasteiger partial charge in [-0.15, -0.1) is 0 Å². The molecule has 0 unspecified atom stereocenters. The first-order valence-electron chi connectivity index (χ1n) is 6.85. The molecule has 0 radical (unpaired) electrons. The van der Waals surface area contributed by atoms with Crippen LogP contribution in [0.25, 0.3) is 0 Å². The van der Waals surface area contributed by atoms with Gasteiger partial charge in [-0.25, -0.2) is 0 Å². The van der Waals surface area contributed by atoms with Gasteiger partial charge < -0.3 is 14.9 Å². The van der Waals surface area contributed by atoms with Crippen LogP contribution < -0.4 is 0 Å². The van der Waals surface area contributed by atoms with Gasteiger partial charge in [0.15, 0.2) is 0 Å². The predicted molar refractivity (Wildman–Crippen MR) is 75.4 cm³/mol. The maximum atomic E-state index is 12.4. The van der Waals surface area contributed by atoms with Crippen molar-refractivity contribution in [2.24, 2.45) is 0 Å². The van der Waals surface area contributed by atoms with E-state index in [0.29, 0.717) is 32.6 Å². The van der Waals surface area contributed by atoms with Gasteiger partial charge in [0.25, 0.3) is 5.91 Å². The summed E-state index contributed by atoms with van der Waals surface area (Å²) in [5.74, 6) is -0.471. The van der Waals surface area contributed by atoms with Gasteiger partial charge in [0.2, 0.25) is 5.91 Å². The van der Waals surface area contributed by atoms with Crippen molar-refractivity contribution in [2.75, 3.05) is 26.2 Å². The summed E-state index contributed by atoms with van der Waals surface area (Å²) >= 11 is 0. The van der Waals surface area contributed by atoms with Crippen molar-refractivity contribution in [3.05, 3.63) is 29.8 Å². The third kappa shape index (κ3) is 3.51. The fourth-order valence-electron chi connectivity index (χ4n) is 2.37. The van der Waals surface area contributed by atoms with Crippen LogP contribution in [0.1, 0.15) is 23.2 Å². The fraction of sp³-hybridized carbons (Fsp3) is 0.400. The van der Waals surface area contributed by atoms with Crippen molar-refractivity contribution in [3.63, 3.8) is 0 Å². The Labute approximate surface area is 123 Å². The van der Waals surface area contributed by atoms with E-state index in [0.717, 1.165) is 0 Å². The Morgan fingerprint density at radius 2 is 1.81 bits per heavy atom. The van der Waals surface area contributed by atoms with E-state index in [9.17, 15) is 14.7 Å². The molecular formula is C15H17N3O3. The van der Waals surface area contributed by atoms with Crippen LogP contribution in [0, 0.1) is 11.3 Å². The second-order valence-electron chi connectivity index (χ2n) is 4.88. The molecule has 0 bridgehead atoms. The number of para-hydroxylation sites is 1. The normalized spacial score (nSPS) is 15.2. The lowest BCUT2D eigenvalue weighted by Gasteiger charge is -2.22. The molecule has 0 aromatic heterocycles. The van der Waals surface area contributed by atoms with Crippen molar-refractivity contribution in [3.8, 4) is 11.8 Å². The van der Waals surface area contributed by atoms with E-state index in [1.54, 1.807) is 28.0 Å². The molecule has 0 spiro atoms. The van der Waals surface area contributed by atoms with Gasteiger partial charge in [0.1, 0.15) is 12.2 Å². The smallest absolute Gasteiger partial charge is 0.257 e. The number of benzene rings is 1. The van der Waals surface area contributed by atoms with Gasteiger partial charge in [0, 0.05) is 26.2 Å². The molecule has 6 nitrogen and oxygen atoms in total. The van der Waals surface area contributed by atoms with Crippen LogP contribution in [-0.2, 0) is 4.79 Å². The first kappa shape index (κ1) is 14.9. The van der Waals surface area contributed by atoms with E-state index in [4.69, 9.17) is 5.26 Å². The van der Waals surface area contributed by atoms with Gasteiger partial charge in [-0.1, -0.05) is 12.1 Å². The van der Waals surface area contributed by atoms with Gasteiger partial charge in [-0.05, 0) is 18.6 Å². The van der Waals surface area contributed by atoms with Crippen molar-refractivity contribution in [1.29, 1.82) is 5.26 Å². The molecule has 1 saturated heterocycles. The first-order chi connectivity index (χ1) is 10.1. The first-order valence-corrected chi connectivity index (χ1v) is 6.85. The highest BCUT2D eigenvalue weighted by Crippen LogP contribution is 2.18. The fourth-order valence-corrected chi connectivity index (χ4v) is 2.37. The summed E-state index contributed by atoms with van der Waals surface area (Å²) in [5, 5.41) is 18.3. The van der Waals surface area contributed by atoms with E-state index in [2.05, 4.69) is 0 Å². The van der Waals surface area contributed by atoms with Crippen LogP contribution >= 0.6 is 0 Å².